The van der Waals surface area contributed by atoms with Crippen molar-refractivity contribution >= 4 is 5.69 Å². The first kappa shape index (κ1) is 9.52. The van der Waals surface area contributed by atoms with Crippen LogP contribution in [0.25, 0.3) is 11.1 Å². The maximum atomic E-state index is 11.9. The number of hydrogen-bond donors (Lipinski definition) is 1. The highest BCUT2D eigenvalue weighted by atomic mass is 16.1. The molecule has 0 aliphatic heterocycles. The van der Waals surface area contributed by atoms with E-state index < -0.39 is 0 Å². The van der Waals surface area contributed by atoms with Crippen molar-refractivity contribution in [2.45, 2.75) is 0 Å². The van der Waals surface area contributed by atoms with Crippen LogP contribution < -0.4 is 11.3 Å². The fraction of sp³-hybridized carbons (Fsp3) is 0.0833. The molecule has 76 valence electrons. The third kappa shape index (κ3) is 1.64. The summed E-state index contributed by atoms with van der Waals surface area (Å²) < 4.78 is 1.53. The molecule has 2 aromatic rings. The lowest BCUT2D eigenvalue weighted by Crippen LogP contribution is -2.19. The summed E-state index contributed by atoms with van der Waals surface area (Å²) in [7, 11) is 1.72. The molecule has 3 heteroatoms. The SMILES string of the molecule is Cn1ccc(N)c(-c2ccccc2)c1=O. The average Bonchev–Trinajstić information content (AvgIpc) is 2.26. The number of pyridine rings is 1. The van der Waals surface area contributed by atoms with Crippen LogP contribution in [0.5, 0.6) is 0 Å². The predicted octanol–water partition coefficient (Wildman–Crippen LogP) is 1.63. The molecular formula is C12H12N2O. The van der Waals surface area contributed by atoms with Crippen molar-refractivity contribution in [3.05, 3.63) is 52.9 Å². The molecule has 0 amide bonds. The van der Waals surface area contributed by atoms with E-state index >= 15 is 0 Å². The molecule has 0 bridgehead atoms. The molecule has 0 unspecified atom stereocenters. The lowest BCUT2D eigenvalue weighted by atomic mass is 10.1. The van der Waals surface area contributed by atoms with E-state index in [2.05, 4.69) is 0 Å². The second-order valence-electron chi connectivity index (χ2n) is 3.43. The summed E-state index contributed by atoms with van der Waals surface area (Å²) in [5.74, 6) is 0. The zero-order valence-electron chi connectivity index (χ0n) is 8.47. The summed E-state index contributed by atoms with van der Waals surface area (Å²) in [6.45, 7) is 0. The number of rotatable bonds is 1. The van der Waals surface area contributed by atoms with Crippen molar-refractivity contribution < 1.29 is 0 Å². The number of aromatic nitrogens is 1. The van der Waals surface area contributed by atoms with Gasteiger partial charge < -0.3 is 10.3 Å². The maximum absolute atomic E-state index is 11.9. The zero-order valence-corrected chi connectivity index (χ0v) is 8.47. The molecule has 0 fully saturated rings. The van der Waals surface area contributed by atoms with Crippen molar-refractivity contribution in [3.63, 3.8) is 0 Å². The van der Waals surface area contributed by atoms with Gasteiger partial charge in [0.15, 0.2) is 0 Å². The van der Waals surface area contributed by atoms with Gasteiger partial charge in [-0.1, -0.05) is 30.3 Å². The molecule has 0 atom stereocenters. The van der Waals surface area contributed by atoms with Crippen LogP contribution in [0.1, 0.15) is 0 Å². The largest absolute Gasteiger partial charge is 0.398 e. The van der Waals surface area contributed by atoms with Gasteiger partial charge in [-0.05, 0) is 11.6 Å². The van der Waals surface area contributed by atoms with Gasteiger partial charge in [0.25, 0.3) is 5.56 Å². The number of hydrogen-bond acceptors (Lipinski definition) is 2. The molecule has 2 N–H and O–H groups in total. The van der Waals surface area contributed by atoms with Gasteiger partial charge in [0.1, 0.15) is 0 Å². The highest BCUT2D eigenvalue weighted by Crippen LogP contribution is 2.20. The van der Waals surface area contributed by atoms with E-state index in [1.165, 1.54) is 4.57 Å². The molecule has 0 aliphatic rings. The number of nitrogen functional groups attached to an aromatic ring is 1. The van der Waals surface area contributed by atoms with Gasteiger partial charge >= 0.3 is 0 Å². The lowest BCUT2D eigenvalue weighted by molar-refractivity contribution is 0.864. The van der Waals surface area contributed by atoms with Gasteiger partial charge in [-0.2, -0.15) is 0 Å². The zero-order chi connectivity index (χ0) is 10.8. The molecule has 2 rings (SSSR count). The van der Waals surface area contributed by atoms with Gasteiger partial charge in [-0.25, -0.2) is 0 Å². The molecule has 0 spiro atoms. The average molecular weight is 200 g/mol. The molecule has 0 aliphatic carbocycles. The molecule has 0 saturated heterocycles. The van der Waals surface area contributed by atoms with Gasteiger partial charge in [0, 0.05) is 18.9 Å². The van der Waals surface area contributed by atoms with Crippen LogP contribution in [0.15, 0.2) is 47.4 Å². The third-order valence-corrected chi connectivity index (χ3v) is 2.36. The van der Waals surface area contributed by atoms with Crippen LogP contribution in [0.4, 0.5) is 5.69 Å². The molecule has 3 nitrogen and oxygen atoms in total. The molecular weight excluding hydrogens is 188 g/mol. The van der Waals surface area contributed by atoms with E-state index in [0.717, 1.165) is 5.56 Å². The summed E-state index contributed by atoms with van der Waals surface area (Å²) >= 11 is 0. The van der Waals surface area contributed by atoms with Crippen LogP contribution in [0, 0.1) is 0 Å². The first-order valence-corrected chi connectivity index (χ1v) is 4.70. The van der Waals surface area contributed by atoms with Gasteiger partial charge in [0.2, 0.25) is 0 Å². The van der Waals surface area contributed by atoms with E-state index in [-0.39, 0.29) is 5.56 Å². The van der Waals surface area contributed by atoms with E-state index in [1.807, 2.05) is 30.3 Å². The topological polar surface area (TPSA) is 48.0 Å². The summed E-state index contributed by atoms with van der Waals surface area (Å²) in [4.78, 5) is 11.9. The van der Waals surface area contributed by atoms with Gasteiger partial charge in [0.05, 0.1) is 5.56 Å². The summed E-state index contributed by atoms with van der Waals surface area (Å²) in [6.07, 6.45) is 1.67. The van der Waals surface area contributed by atoms with E-state index in [0.29, 0.717) is 11.3 Å². The number of nitrogens with two attached hydrogens (primary N) is 1. The molecule has 0 saturated carbocycles. The first-order chi connectivity index (χ1) is 7.20. The fourth-order valence-corrected chi connectivity index (χ4v) is 1.54. The Bertz CT molecular complexity index is 529. The summed E-state index contributed by atoms with van der Waals surface area (Å²) in [5.41, 5.74) is 7.69. The Hall–Kier alpha value is -2.03. The Morgan fingerprint density at radius 1 is 1.13 bits per heavy atom. The Balaban J connectivity index is 2.73. The van der Waals surface area contributed by atoms with Crippen LogP contribution in [-0.4, -0.2) is 4.57 Å². The number of aryl methyl sites for hydroxylation is 1. The van der Waals surface area contributed by atoms with Crippen molar-refractivity contribution in [1.82, 2.24) is 4.57 Å². The van der Waals surface area contributed by atoms with Crippen molar-refractivity contribution in [2.24, 2.45) is 7.05 Å². The number of nitrogens with zero attached hydrogens (tertiary/aromatic N) is 1. The molecule has 1 aromatic heterocycles. The van der Waals surface area contributed by atoms with Crippen LogP contribution in [0.2, 0.25) is 0 Å². The number of benzene rings is 1. The lowest BCUT2D eigenvalue weighted by Gasteiger charge is -2.06. The molecule has 1 heterocycles. The minimum Gasteiger partial charge on any atom is -0.398 e. The predicted molar refractivity (Wildman–Crippen MR) is 61.5 cm³/mol. The second kappa shape index (κ2) is 3.61. The van der Waals surface area contributed by atoms with E-state index in [1.54, 1.807) is 19.3 Å². The Labute approximate surface area is 87.8 Å². The van der Waals surface area contributed by atoms with E-state index in [9.17, 15) is 4.79 Å². The van der Waals surface area contributed by atoms with Crippen molar-refractivity contribution in [2.75, 3.05) is 5.73 Å². The molecule has 0 radical (unpaired) electrons. The van der Waals surface area contributed by atoms with E-state index in [4.69, 9.17) is 5.73 Å². The van der Waals surface area contributed by atoms with Gasteiger partial charge in [-0.3, -0.25) is 4.79 Å². The molecule has 1 aromatic carbocycles. The first-order valence-electron chi connectivity index (χ1n) is 4.70. The minimum absolute atomic E-state index is 0.0683. The van der Waals surface area contributed by atoms with Crippen LogP contribution in [0.3, 0.4) is 0 Å². The summed E-state index contributed by atoms with van der Waals surface area (Å²) in [6, 6.07) is 11.2. The Kier molecular flexibility index (Phi) is 2.29. The van der Waals surface area contributed by atoms with Crippen molar-refractivity contribution in [1.29, 1.82) is 0 Å². The van der Waals surface area contributed by atoms with Crippen LogP contribution >= 0.6 is 0 Å². The second-order valence-corrected chi connectivity index (χ2v) is 3.43. The number of anilines is 1. The molecule has 15 heavy (non-hydrogen) atoms. The fourth-order valence-electron chi connectivity index (χ4n) is 1.54. The monoisotopic (exact) mass is 200 g/mol. The third-order valence-electron chi connectivity index (χ3n) is 2.36. The standard InChI is InChI=1S/C12H12N2O/c1-14-8-7-10(13)11(12(14)15)9-5-3-2-4-6-9/h2-8H,13H2,1H3. The smallest absolute Gasteiger partial charge is 0.260 e. The van der Waals surface area contributed by atoms with Crippen molar-refractivity contribution in [3.8, 4) is 11.1 Å². The summed E-state index contributed by atoms with van der Waals surface area (Å²) in [5, 5.41) is 0. The Morgan fingerprint density at radius 3 is 2.47 bits per heavy atom. The maximum Gasteiger partial charge on any atom is 0.260 e. The minimum atomic E-state index is -0.0683. The van der Waals surface area contributed by atoms with Crippen LogP contribution in [-0.2, 0) is 7.05 Å². The van der Waals surface area contributed by atoms with Gasteiger partial charge in [-0.15, -0.1) is 0 Å². The normalized spacial score (nSPS) is 10.2. The Morgan fingerprint density at radius 2 is 1.80 bits per heavy atom. The quantitative estimate of drug-likeness (QED) is 0.760. The highest BCUT2D eigenvalue weighted by molar-refractivity contribution is 5.74. The highest BCUT2D eigenvalue weighted by Gasteiger charge is 2.07.